The summed E-state index contributed by atoms with van der Waals surface area (Å²) < 4.78 is 0. The zero-order chi connectivity index (χ0) is 13.7. The molecule has 19 heavy (non-hydrogen) atoms. The smallest absolute Gasteiger partial charge is 0.0233 e. The van der Waals surface area contributed by atoms with E-state index in [4.69, 9.17) is 0 Å². The summed E-state index contributed by atoms with van der Waals surface area (Å²) in [7, 11) is 2.28. The van der Waals surface area contributed by atoms with Crippen LogP contribution in [0.1, 0.15) is 37.3 Å². The SMILES string of the molecule is CCCNCC1CCC1N(C)Cc1cccc(C)c1. The van der Waals surface area contributed by atoms with E-state index in [1.807, 2.05) is 0 Å². The first kappa shape index (κ1) is 14.5. The molecule has 0 saturated heterocycles. The zero-order valence-electron chi connectivity index (χ0n) is 12.7. The third-order valence-electron chi connectivity index (χ3n) is 4.29. The second-order valence-corrected chi connectivity index (χ2v) is 6.01. The van der Waals surface area contributed by atoms with Crippen LogP contribution >= 0.6 is 0 Å². The standard InChI is InChI=1S/C17H28N2/c1-4-10-18-12-16-8-9-17(16)19(3)13-15-7-5-6-14(2)11-15/h5-7,11,16-18H,4,8-10,12-13H2,1-3H3. The molecular formula is C17H28N2. The summed E-state index contributed by atoms with van der Waals surface area (Å²) in [5.74, 6) is 0.848. The first-order chi connectivity index (χ1) is 9.20. The van der Waals surface area contributed by atoms with Crippen LogP contribution in [0.25, 0.3) is 0 Å². The normalized spacial score (nSPS) is 22.5. The Morgan fingerprint density at radius 3 is 2.79 bits per heavy atom. The molecule has 2 heteroatoms. The largest absolute Gasteiger partial charge is 0.316 e. The Bertz CT molecular complexity index is 389. The van der Waals surface area contributed by atoms with E-state index in [0.29, 0.717) is 0 Å². The van der Waals surface area contributed by atoms with Gasteiger partial charge in [0.15, 0.2) is 0 Å². The molecule has 0 spiro atoms. The zero-order valence-corrected chi connectivity index (χ0v) is 12.7. The molecule has 0 heterocycles. The quantitative estimate of drug-likeness (QED) is 0.757. The number of nitrogens with one attached hydrogen (secondary N) is 1. The van der Waals surface area contributed by atoms with Crippen molar-refractivity contribution < 1.29 is 0 Å². The van der Waals surface area contributed by atoms with Gasteiger partial charge in [-0.15, -0.1) is 0 Å². The summed E-state index contributed by atoms with van der Waals surface area (Å²) in [6.45, 7) is 7.83. The highest BCUT2D eigenvalue weighted by atomic mass is 15.1. The van der Waals surface area contributed by atoms with E-state index in [1.165, 1.54) is 36.9 Å². The van der Waals surface area contributed by atoms with Gasteiger partial charge in [-0.1, -0.05) is 36.8 Å². The lowest BCUT2D eigenvalue weighted by Crippen LogP contribution is -2.48. The van der Waals surface area contributed by atoms with E-state index in [0.717, 1.165) is 25.0 Å². The molecule has 0 aromatic heterocycles. The van der Waals surface area contributed by atoms with Gasteiger partial charge in [0.25, 0.3) is 0 Å². The fraction of sp³-hybridized carbons (Fsp3) is 0.647. The molecule has 1 fully saturated rings. The Hall–Kier alpha value is -0.860. The van der Waals surface area contributed by atoms with Crippen LogP contribution in [0.5, 0.6) is 0 Å². The second kappa shape index (κ2) is 7.06. The molecular weight excluding hydrogens is 232 g/mol. The summed E-state index contributed by atoms with van der Waals surface area (Å²) in [5.41, 5.74) is 2.80. The van der Waals surface area contributed by atoms with Crippen molar-refractivity contribution in [3.05, 3.63) is 35.4 Å². The van der Waals surface area contributed by atoms with Gasteiger partial charge in [-0.2, -0.15) is 0 Å². The van der Waals surface area contributed by atoms with Gasteiger partial charge >= 0.3 is 0 Å². The molecule has 2 atom stereocenters. The molecule has 2 nitrogen and oxygen atoms in total. The molecule has 0 bridgehead atoms. The number of benzene rings is 1. The summed E-state index contributed by atoms with van der Waals surface area (Å²) >= 11 is 0. The van der Waals surface area contributed by atoms with Gasteiger partial charge in [-0.05, 0) is 57.8 Å². The van der Waals surface area contributed by atoms with Crippen LogP contribution in [0, 0.1) is 12.8 Å². The second-order valence-electron chi connectivity index (χ2n) is 6.01. The van der Waals surface area contributed by atoms with E-state index in [1.54, 1.807) is 0 Å². The minimum absolute atomic E-state index is 0.768. The van der Waals surface area contributed by atoms with Gasteiger partial charge in [-0.3, -0.25) is 4.90 Å². The minimum Gasteiger partial charge on any atom is -0.316 e. The summed E-state index contributed by atoms with van der Waals surface area (Å²) in [5, 5.41) is 3.57. The van der Waals surface area contributed by atoms with E-state index in [-0.39, 0.29) is 0 Å². The lowest BCUT2D eigenvalue weighted by Gasteiger charge is -2.43. The topological polar surface area (TPSA) is 15.3 Å². The molecule has 0 radical (unpaired) electrons. The fourth-order valence-corrected chi connectivity index (χ4v) is 3.05. The van der Waals surface area contributed by atoms with Gasteiger partial charge < -0.3 is 5.32 Å². The highest BCUT2D eigenvalue weighted by Crippen LogP contribution is 2.31. The Kier molecular flexibility index (Phi) is 5.41. The predicted molar refractivity (Wildman–Crippen MR) is 82.3 cm³/mol. The van der Waals surface area contributed by atoms with E-state index < -0.39 is 0 Å². The summed E-state index contributed by atoms with van der Waals surface area (Å²) in [4.78, 5) is 2.54. The molecule has 1 aromatic rings. The van der Waals surface area contributed by atoms with Crippen molar-refractivity contribution in [3.8, 4) is 0 Å². The number of hydrogen-bond acceptors (Lipinski definition) is 2. The third kappa shape index (κ3) is 4.05. The number of nitrogens with zero attached hydrogens (tertiary/aromatic N) is 1. The Morgan fingerprint density at radius 2 is 2.16 bits per heavy atom. The van der Waals surface area contributed by atoms with Crippen LogP contribution in [0.2, 0.25) is 0 Å². The van der Waals surface area contributed by atoms with Crippen LogP contribution in [0.3, 0.4) is 0 Å². The highest BCUT2D eigenvalue weighted by Gasteiger charge is 2.33. The monoisotopic (exact) mass is 260 g/mol. The number of rotatable bonds is 7. The molecule has 2 rings (SSSR count). The Labute approximate surface area is 118 Å². The number of hydrogen-bond donors (Lipinski definition) is 1. The first-order valence-corrected chi connectivity index (χ1v) is 7.67. The molecule has 1 saturated carbocycles. The van der Waals surface area contributed by atoms with Crippen LogP contribution < -0.4 is 5.32 Å². The Morgan fingerprint density at radius 1 is 1.32 bits per heavy atom. The van der Waals surface area contributed by atoms with Gasteiger partial charge in [0.2, 0.25) is 0 Å². The molecule has 1 aliphatic rings. The minimum atomic E-state index is 0.768. The van der Waals surface area contributed by atoms with Gasteiger partial charge in [0, 0.05) is 12.6 Å². The fourth-order valence-electron chi connectivity index (χ4n) is 3.05. The molecule has 0 amide bonds. The molecule has 1 aromatic carbocycles. The van der Waals surface area contributed by atoms with Crippen molar-refractivity contribution in [3.63, 3.8) is 0 Å². The van der Waals surface area contributed by atoms with Crippen LogP contribution in [-0.2, 0) is 6.54 Å². The maximum Gasteiger partial charge on any atom is 0.0233 e. The average Bonchev–Trinajstić information content (AvgIpc) is 2.33. The molecule has 0 aliphatic heterocycles. The predicted octanol–water partition coefficient (Wildman–Crippen LogP) is 3.21. The highest BCUT2D eigenvalue weighted by molar-refractivity contribution is 5.22. The number of aryl methyl sites for hydroxylation is 1. The molecule has 1 N–H and O–H groups in total. The van der Waals surface area contributed by atoms with Crippen molar-refractivity contribution in [2.45, 2.75) is 45.7 Å². The van der Waals surface area contributed by atoms with Crippen molar-refractivity contribution in [1.82, 2.24) is 10.2 Å². The molecule has 1 aliphatic carbocycles. The van der Waals surface area contributed by atoms with Crippen LogP contribution in [0.4, 0.5) is 0 Å². The van der Waals surface area contributed by atoms with Gasteiger partial charge in [0.1, 0.15) is 0 Å². The van der Waals surface area contributed by atoms with E-state index in [9.17, 15) is 0 Å². The molecule has 2 unspecified atom stereocenters. The van der Waals surface area contributed by atoms with Crippen molar-refractivity contribution in [2.75, 3.05) is 20.1 Å². The lowest BCUT2D eigenvalue weighted by molar-refractivity contribution is 0.0782. The third-order valence-corrected chi connectivity index (χ3v) is 4.29. The maximum absolute atomic E-state index is 3.57. The van der Waals surface area contributed by atoms with Crippen molar-refractivity contribution >= 4 is 0 Å². The van der Waals surface area contributed by atoms with Gasteiger partial charge in [0.05, 0.1) is 0 Å². The van der Waals surface area contributed by atoms with Crippen LogP contribution in [0.15, 0.2) is 24.3 Å². The van der Waals surface area contributed by atoms with E-state index in [2.05, 4.69) is 55.4 Å². The lowest BCUT2D eigenvalue weighted by atomic mass is 9.78. The molecule has 106 valence electrons. The van der Waals surface area contributed by atoms with E-state index >= 15 is 0 Å². The average molecular weight is 260 g/mol. The summed E-state index contributed by atoms with van der Waals surface area (Å²) in [6, 6.07) is 9.65. The summed E-state index contributed by atoms with van der Waals surface area (Å²) in [6.07, 6.45) is 3.98. The maximum atomic E-state index is 3.57. The van der Waals surface area contributed by atoms with Crippen LogP contribution in [-0.4, -0.2) is 31.1 Å². The first-order valence-electron chi connectivity index (χ1n) is 7.67. The van der Waals surface area contributed by atoms with Crippen molar-refractivity contribution in [1.29, 1.82) is 0 Å². The Balaban J connectivity index is 1.81. The van der Waals surface area contributed by atoms with Gasteiger partial charge in [-0.25, -0.2) is 0 Å². The van der Waals surface area contributed by atoms with Crippen molar-refractivity contribution in [2.24, 2.45) is 5.92 Å².